The van der Waals surface area contributed by atoms with Crippen LogP contribution in [-0.2, 0) is 7.05 Å². The van der Waals surface area contributed by atoms with E-state index in [0.29, 0.717) is 4.60 Å². The first-order valence-corrected chi connectivity index (χ1v) is 6.48. The minimum absolute atomic E-state index is 0.168. The van der Waals surface area contributed by atoms with Crippen LogP contribution in [0.3, 0.4) is 0 Å². The second-order valence-corrected chi connectivity index (χ2v) is 5.07. The second-order valence-electron chi connectivity index (χ2n) is 3.38. The topological polar surface area (TPSA) is 78.0 Å². The molecular weight excluding hydrogens is 306 g/mol. The van der Waals surface area contributed by atoms with Crippen LogP contribution < -0.4 is 16.0 Å². The van der Waals surface area contributed by atoms with Crippen molar-refractivity contribution in [1.82, 2.24) is 20.4 Å². The molecule has 0 fully saturated rings. The summed E-state index contributed by atoms with van der Waals surface area (Å²) in [5, 5.41) is 9.81. The maximum absolute atomic E-state index is 5.61. The summed E-state index contributed by atoms with van der Waals surface area (Å²) in [4.78, 5) is 1.04. The third-order valence-corrected chi connectivity index (χ3v) is 3.92. The number of ether oxygens (including phenoxy) is 1. The van der Waals surface area contributed by atoms with Gasteiger partial charge in [-0.3, -0.25) is 5.84 Å². The van der Waals surface area contributed by atoms with E-state index in [0.717, 1.165) is 16.3 Å². The van der Waals surface area contributed by atoms with Crippen LogP contribution in [0.25, 0.3) is 0 Å². The predicted octanol–water partition coefficient (Wildman–Crippen LogP) is 1.20. The fourth-order valence-electron chi connectivity index (χ4n) is 1.53. The Kier molecular flexibility index (Phi) is 3.77. The number of aromatic nitrogens is 3. The van der Waals surface area contributed by atoms with Crippen molar-refractivity contribution in [2.24, 2.45) is 12.9 Å². The lowest BCUT2D eigenvalue weighted by Crippen LogP contribution is -2.30. The first-order chi connectivity index (χ1) is 8.17. The van der Waals surface area contributed by atoms with Crippen LogP contribution in [0.4, 0.5) is 0 Å². The lowest BCUT2D eigenvalue weighted by molar-refractivity contribution is 0.416. The largest absolute Gasteiger partial charge is 0.496 e. The monoisotopic (exact) mass is 317 g/mol. The molecule has 0 amide bonds. The Morgan fingerprint density at radius 3 is 2.88 bits per heavy atom. The molecule has 1 atom stereocenters. The number of hydrazine groups is 1. The van der Waals surface area contributed by atoms with Gasteiger partial charge in [-0.25, -0.2) is 10.1 Å². The van der Waals surface area contributed by atoms with Crippen LogP contribution in [0.1, 0.15) is 16.6 Å². The summed E-state index contributed by atoms with van der Waals surface area (Å²) in [6.45, 7) is 0. The van der Waals surface area contributed by atoms with E-state index in [2.05, 4.69) is 31.7 Å². The smallest absolute Gasteiger partial charge is 0.153 e. The number of aryl methyl sites for hydroxylation is 1. The van der Waals surface area contributed by atoms with Crippen LogP contribution >= 0.6 is 27.3 Å². The standard InChI is InChI=1S/C9H12BrN5OS/c1-15-8(9(10)13-14-15)7(12-11)6-3-5(16-2)4-17-6/h3-4,7,12H,11H2,1-2H3. The van der Waals surface area contributed by atoms with E-state index in [-0.39, 0.29) is 6.04 Å². The van der Waals surface area contributed by atoms with Crippen molar-refractivity contribution in [2.45, 2.75) is 6.04 Å². The highest BCUT2D eigenvalue weighted by molar-refractivity contribution is 9.10. The van der Waals surface area contributed by atoms with Crippen molar-refractivity contribution in [2.75, 3.05) is 7.11 Å². The number of nitrogens with two attached hydrogens (primary N) is 1. The molecule has 8 heteroatoms. The lowest BCUT2D eigenvalue weighted by Gasteiger charge is -2.14. The van der Waals surface area contributed by atoms with Gasteiger partial charge in [-0.15, -0.1) is 16.4 Å². The molecule has 6 nitrogen and oxygen atoms in total. The van der Waals surface area contributed by atoms with Gasteiger partial charge >= 0.3 is 0 Å². The van der Waals surface area contributed by atoms with Gasteiger partial charge in [0.2, 0.25) is 0 Å². The van der Waals surface area contributed by atoms with Crippen LogP contribution in [0.2, 0.25) is 0 Å². The fourth-order valence-corrected chi connectivity index (χ4v) is 3.01. The third kappa shape index (κ3) is 2.34. The Morgan fingerprint density at radius 1 is 1.65 bits per heavy atom. The van der Waals surface area contributed by atoms with Gasteiger partial charge in [-0.05, 0) is 22.0 Å². The summed E-state index contributed by atoms with van der Waals surface area (Å²) in [6, 6.07) is 1.77. The van der Waals surface area contributed by atoms with Gasteiger partial charge < -0.3 is 4.74 Å². The molecule has 92 valence electrons. The third-order valence-electron chi connectivity index (χ3n) is 2.38. The zero-order chi connectivity index (χ0) is 12.4. The van der Waals surface area contributed by atoms with E-state index in [1.54, 1.807) is 23.1 Å². The van der Waals surface area contributed by atoms with Crippen LogP contribution in [0, 0.1) is 0 Å². The van der Waals surface area contributed by atoms with Crippen molar-refractivity contribution in [3.05, 3.63) is 26.6 Å². The van der Waals surface area contributed by atoms with Gasteiger partial charge in [0.05, 0.1) is 18.8 Å². The summed E-state index contributed by atoms with van der Waals surface area (Å²) >= 11 is 4.93. The molecule has 0 aliphatic heterocycles. The number of methoxy groups -OCH3 is 1. The van der Waals surface area contributed by atoms with Gasteiger partial charge in [0.25, 0.3) is 0 Å². The number of thiophene rings is 1. The number of hydrogen-bond donors (Lipinski definition) is 2. The molecular formula is C9H12BrN5OS. The molecule has 0 saturated heterocycles. The minimum atomic E-state index is -0.168. The van der Waals surface area contributed by atoms with Crippen molar-refractivity contribution in [3.8, 4) is 5.75 Å². The predicted molar refractivity (Wildman–Crippen MR) is 68.7 cm³/mol. The van der Waals surface area contributed by atoms with Gasteiger partial charge in [-0.2, -0.15) is 0 Å². The average molecular weight is 318 g/mol. The van der Waals surface area contributed by atoms with E-state index in [4.69, 9.17) is 10.6 Å². The number of hydrogen-bond acceptors (Lipinski definition) is 6. The Hall–Kier alpha value is -0.960. The maximum atomic E-state index is 5.61. The molecule has 1 unspecified atom stereocenters. The highest BCUT2D eigenvalue weighted by Gasteiger charge is 2.22. The second kappa shape index (κ2) is 5.13. The Morgan fingerprint density at radius 2 is 2.41 bits per heavy atom. The molecule has 2 rings (SSSR count). The van der Waals surface area contributed by atoms with E-state index in [9.17, 15) is 0 Å². The molecule has 3 N–H and O–H groups in total. The number of halogens is 1. The quantitative estimate of drug-likeness (QED) is 0.654. The number of rotatable bonds is 4. The van der Waals surface area contributed by atoms with E-state index < -0.39 is 0 Å². The van der Waals surface area contributed by atoms with E-state index in [1.807, 2.05) is 18.5 Å². The van der Waals surface area contributed by atoms with Gasteiger partial charge in [0.15, 0.2) is 4.60 Å². The van der Waals surface area contributed by atoms with Gasteiger partial charge in [0, 0.05) is 17.3 Å². The molecule has 17 heavy (non-hydrogen) atoms. The Bertz CT molecular complexity index is 492. The number of nitrogens with zero attached hydrogens (tertiary/aromatic N) is 3. The normalized spacial score (nSPS) is 12.7. The summed E-state index contributed by atoms with van der Waals surface area (Å²) in [7, 11) is 3.46. The molecule has 0 radical (unpaired) electrons. The SMILES string of the molecule is COc1csc(C(NN)c2c(Br)nnn2C)c1. The van der Waals surface area contributed by atoms with Gasteiger partial charge in [-0.1, -0.05) is 5.21 Å². The molecule has 0 aliphatic rings. The average Bonchev–Trinajstić information content (AvgIpc) is 2.91. The fraction of sp³-hybridized carbons (Fsp3) is 0.333. The molecule has 0 spiro atoms. The zero-order valence-corrected chi connectivity index (χ0v) is 11.7. The summed E-state index contributed by atoms with van der Waals surface area (Å²) in [6.07, 6.45) is 0. The Balaban J connectivity index is 2.40. The van der Waals surface area contributed by atoms with E-state index >= 15 is 0 Å². The zero-order valence-electron chi connectivity index (χ0n) is 9.35. The van der Waals surface area contributed by atoms with Crippen LogP contribution in [0.5, 0.6) is 5.75 Å². The molecule has 2 aromatic heterocycles. The molecule has 2 aromatic rings. The van der Waals surface area contributed by atoms with Crippen molar-refractivity contribution in [1.29, 1.82) is 0 Å². The highest BCUT2D eigenvalue weighted by Crippen LogP contribution is 2.32. The maximum Gasteiger partial charge on any atom is 0.153 e. The lowest BCUT2D eigenvalue weighted by atomic mass is 10.2. The van der Waals surface area contributed by atoms with Crippen molar-refractivity contribution < 1.29 is 4.74 Å². The molecule has 2 heterocycles. The Labute approximate surface area is 111 Å². The molecule has 0 saturated carbocycles. The van der Waals surface area contributed by atoms with Crippen molar-refractivity contribution >= 4 is 27.3 Å². The molecule has 0 bridgehead atoms. The van der Waals surface area contributed by atoms with Crippen molar-refractivity contribution in [3.63, 3.8) is 0 Å². The first kappa shape index (κ1) is 12.5. The summed E-state index contributed by atoms with van der Waals surface area (Å²) in [5.74, 6) is 6.43. The van der Waals surface area contributed by atoms with Gasteiger partial charge in [0.1, 0.15) is 5.75 Å². The molecule has 0 aliphatic carbocycles. The van der Waals surface area contributed by atoms with Crippen LogP contribution in [0.15, 0.2) is 16.0 Å². The first-order valence-electron chi connectivity index (χ1n) is 4.81. The highest BCUT2D eigenvalue weighted by atomic mass is 79.9. The molecule has 0 aromatic carbocycles. The summed E-state index contributed by atoms with van der Waals surface area (Å²) in [5.41, 5.74) is 3.64. The van der Waals surface area contributed by atoms with E-state index in [1.165, 1.54) is 0 Å². The number of nitrogens with one attached hydrogen (secondary N) is 1. The summed E-state index contributed by atoms with van der Waals surface area (Å²) < 4.78 is 7.52. The van der Waals surface area contributed by atoms with Crippen LogP contribution in [-0.4, -0.2) is 22.1 Å². The minimum Gasteiger partial charge on any atom is -0.496 e.